The second-order valence-corrected chi connectivity index (χ2v) is 20.9. The van der Waals surface area contributed by atoms with Gasteiger partial charge in [0.15, 0.2) is 8.32 Å². The first-order valence-corrected chi connectivity index (χ1v) is 21.7. The summed E-state index contributed by atoms with van der Waals surface area (Å²) in [5, 5.41) is 0.815. The van der Waals surface area contributed by atoms with Crippen LogP contribution in [-0.4, -0.2) is 55.4 Å². The highest BCUT2D eigenvalue weighted by Gasteiger charge is 2.45. The molecular formula is C43H48Cl2N2O4Si. The van der Waals surface area contributed by atoms with Crippen molar-refractivity contribution in [2.45, 2.75) is 83.4 Å². The summed E-state index contributed by atoms with van der Waals surface area (Å²) < 4.78 is 12.8. The van der Waals surface area contributed by atoms with Crippen molar-refractivity contribution in [3.63, 3.8) is 0 Å². The largest absolute Gasteiger partial charge is 0.445 e. The summed E-state index contributed by atoms with van der Waals surface area (Å²) in [4.78, 5) is 33.1. The summed E-state index contributed by atoms with van der Waals surface area (Å²) in [7, 11) is -2.31. The maximum Gasteiger partial charge on any atom is 0.410 e. The summed E-state index contributed by atoms with van der Waals surface area (Å²) >= 11 is 13.2. The molecule has 4 aromatic carbocycles. The van der Waals surface area contributed by atoms with Gasteiger partial charge in [-0.05, 0) is 82.9 Å². The molecule has 52 heavy (non-hydrogen) atoms. The van der Waals surface area contributed by atoms with Crippen molar-refractivity contribution in [2.75, 3.05) is 13.2 Å². The minimum absolute atomic E-state index is 0.0503. The fourth-order valence-corrected chi connectivity index (χ4v) is 7.82. The van der Waals surface area contributed by atoms with Gasteiger partial charge in [-0.1, -0.05) is 135 Å². The van der Waals surface area contributed by atoms with E-state index in [0.29, 0.717) is 35.1 Å². The highest BCUT2D eigenvalue weighted by atomic mass is 35.5. The Bertz CT molecular complexity index is 1920. The molecule has 1 atom stereocenters. The summed E-state index contributed by atoms with van der Waals surface area (Å²) in [6.45, 7) is 12.0. The Labute approximate surface area is 319 Å². The third kappa shape index (κ3) is 8.66. The monoisotopic (exact) mass is 754 g/mol. The summed E-state index contributed by atoms with van der Waals surface area (Å²) in [5.74, 6) is -0.122. The van der Waals surface area contributed by atoms with Crippen molar-refractivity contribution in [1.82, 2.24) is 9.80 Å². The van der Waals surface area contributed by atoms with Crippen LogP contribution in [0.2, 0.25) is 28.2 Å². The molecule has 1 unspecified atom stereocenters. The standard InChI is InChI=1S/C43H48Cl2N2O4Si/c1-43(2,3)52(4,5)51-29-38-39(41(48)47(35-22-23-35)27-34-20-13-21-37(44)40(34)45)36(33-19-12-18-32(26-33)31-16-10-7-11-17-31)24-25-46(38)42(49)50-28-30-14-8-6-9-15-30/h6-21,26,35,38H,22-25,27-29H2,1-5H3. The van der Waals surface area contributed by atoms with Crippen molar-refractivity contribution in [1.29, 1.82) is 0 Å². The third-order valence-electron chi connectivity index (χ3n) is 10.7. The lowest BCUT2D eigenvalue weighted by Crippen LogP contribution is -2.53. The lowest BCUT2D eigenvalue weighted by Gasteiger charge is -2.42. The maximum absolute atomic E-state index is 15.4. The Morgan fingerprint density at radius 2 is 1.48 bits per heavy atom. The number of hydrogen-bond donors (Lipinski definition) is 0. The van der Waals surface area contributed by atoms with E-state index < -0.39 is 20.5 Å². The van der Waals surface area contributed by atoms with Crippen molar-refractivity contribution < 1.29 is 18.8 Å². The molecule has 0 spiro atoms. The van der Waals surface area contributed by atoms with Gasteiger partial charge in [-0.15, -0.1) is 0 Å². The van der Waals surface area contributed by atoms with Gasteiger partial charge in [-0.25, -0.2) is 4.79 Å². The van der Waals surface area contributed by atoms with Gasteiger partial charge in [-0.3, -0.25) is 9.69 Å². The van der Waals surface area contributed by atoms with Gasteiger partial charge in [0.05, 0.1) is 22.7 Å². The molecule has 4 aromatic rings. The predicted octanol–water partition coefficient (Wildman–Crippen LogP) is 11.0. The van der Waals surface area contributed by atoms with Gasteiger partial charge in [0, 0.05) is 24.7 Å². The van der Waals surface area contributed by atoms with Gasteiger partial charge in [-0.2, -0.15) is 0 Å². The average molecular weight is 756 g/mol. The molecule has 2 aliphatic rings. The van der Waals surface area contributed by atoms with Crippen LogP contribution in [0.4, 0.5) is 4.79 Å². The first-order valence-electron chi connectivity index (χ1n) is 18.1. The highest BCUT2D eigenvalue weighted by molar-refractivity contribution is 6.74. The topological polar surface area (TPSA) is 59.1 Å². The van der Waals surface area contributed by atoms with E-state index in [-0.39, 0.29) is 30.2 Å². The lowest BCUT2D eigenvalue weighted by molar-refractivity contribution is -0.129. The van der Waals surface area contributed by atoms with Crippen molar-refractivity contribution in [3.05, 3.63) is 135 Å². The summed E-state index contributed by atoms with van der Waals surface area (Å²) in [6, 6.07) is 33.1. The Morgan fingerprint density at radius 1 is 0.846 bits per heavy atom. The van der Waals surface area contributed by atoms with E-state index in [1.807, 2.05) is 71.6 Å². The van der Waals surface area contributed by atoms with Gasteiger partial charge < -0.3 is 14.1 Å². The van der Waals surface area contributed by atoms with Crippen LogP contribution in [-0.2, 0) is 27.1 Å². The van der Waals surface area contributed by atoms with Crippen molar-refractivity contribution >= 4 is 49.1 Å². The molecule has 1 saturated carbocycles. The highest BCUT2D eigenvalue weighted by Crippen LogP contribution is 2.41. The number of amides is 2. The molecule has 0 saturated heterocycles. The molecule has 2 amide bonds. The molecular weight excluding hydrogens is 707 g/mol. The number of carbonyl (C=O) groups excluding carboxylic acids is 2. The van der Waals surface area contributed by atoms with E-state index in [0.717, 1.165) is 46.2 Å². The normalized spacial score (nSPS) is 16.5. The molecule has 6 rings (SSSR count). The fourth-order valence-electron chi connectivity index (χ4n) is 6.43. The van der Waals surface area contributed by atoms with Gasteiger partial charge in [0.25, 0.3) is 5.91 Å². The molecule has 0 N–H and O–H groups in total. The molecule has 0 bridgehead atoms. The summed E-state index contributed by atoms with van der Waals surface area (Å²) in [5.41, 5.74) is 6.26. The van der Waals surface area contributed by atoms with E-state index in [1.165, 1.54) is 0 Å². The molecule has 1 aliphatic heterocycles. The molecule has 9 heteroatoms. The van der Waals surface area contributed by atoms with Crippen LogP contribution >= 0.6 is 23.2 Å². The van der Waals surface area contributed by atoms with Crippen molar-refractivity contribution in [3.8, 4) is 11.1 Å². The number of carbonyl (C=O) groups is 2. The molecule has 0 aromatic heterocycles. The Morgan fingerprint density at radius 3 is 2.15 bits per heavy atom. The molecule has 1 heterocycles. The minimum Gasteiger partial charge on any atom is -0.445 e. The smallest absolute Gasteiger partial charge is 0.410 e. The van der Waals surface area contributed by atoms with Gasteiger partial charge >= 0.3 is 6.09 Å². The van der Waals surface area contributed by atoms with E-state index in [1.54, 1.807) is 11.0 Å². The molecule has 6 nitrogen and oxygen atoms in total. The third-order valence-corrected chi connectivity index (χ3v) is 16.0. The Kier molecular flexibility index (Phi) is 11.7. The SMILES string of the molecule is CC(C)(C)[Si](C)(C)OCC1C(C(=O)N(Cc2cccc(Cl)c2Cl)C2CC2)=C(c2cccc(-c3ccccc3)c2)CCN1C(=O)OCc1ccccc1. The number of ether oxygens (including phenoxy) is 1. The zero-order valence-corrected chi connectivity index (χ0v) is 33.2. The first kappa shape index (κ1) is 37.9. The fraction of sp³-hybridized carbons (Fsp3) is 0.349. The van der Waals surface area contributed by atoms with Crippen LogP contribution in [0.15, 0.2) is 109 Å². The Hall–Kier alpha value is -3.88. The van der Waals surface area contributed by atoms with Gasteiger partial charge in [0.1, 0.15) is 6.61 Å². The second-order valence-electron chi connectivity index (χ2n) is 15.3. The zero-order valence-electron chi connectivity index (χ0n) is 30.7. The lowest BCUT2D eigenvalue weighted by atomic mass is 9.86. The van der Waals surface area contributed by atoms with Crippen LogP contribution < -0.4 is 0 Å². The van der Waals surface area contributed by atoms with Crippen LogP contribution in [0.5, 0.6) is 0 Å². The quantitative estimate of drug-likeness (QED) is 0.143. The maximum atomic E-state index is 15.4. The Balaban J connectivity index is 1.47. The zero-order chi connectivity index (χ0) is 37.0. The number of hydrogen-bond acceptors (Lipinski definition) is 4. The van der Waals surface area contributed by atoms with Crippen LogP contribution in [0.1, 0.15) is 56.7 Å². The first-order chi connectivity index (χ1) is 24.8. The number of rotatable bonds is 11. The van der Waals surface area contributed by atoms with Crippen LogP contribution in [0.25, 0.3) is 16.7 Å². The number of benzene rings is 4. The molecule has 272 valence electrons. The van der Waals surface area contributed by atoms with E-state index in [4.69, 9.17) is 32.4 Å². The van der Waals surface area contributed by atoms with Crippen LogP contribution in [0.3, 0.4) is 0 Å². The number of halogens is 2. The predicted molar refractivity (Wildman–Crippen MR) is 214 cm³/mol. The molecule has 0 radical (unpaired) electrons. The average Bonchev–Trinajstić information content (AvgIpc) is 3.99. The van der Waals surface area contributed by atoms with Crippen LogP contribution in [0, 0.1) is 0 Å². The van der Waals surface area contributed by atoms with E-state index >= 15 is 4.79 Å². The van der Waals surface area contributed by atoms with Crippen molar-refractivity contribution in [2.24, 2.45) is 0 Å². The summed E-state index contributed by atoms with van der Waals surface area (Å²) in [6.07, 6.45) is 1.80. The van der Waals surface area contributed by atoms with Gasteiger partial charge in [0.2, 0.25) is 0 Å². The molecule has 1 aliphatic carbocycles. The number of nitrogens with zero attached hydrogens (tertiary/aromatic N) is 2. The van der Waals surface area contributed by atoms with E-state index in [2.05, 4.69) is 64.2 Å². The minimum atomic E-state index is -2.31. The second kappa shape index (κ2) is 16.0. The van der Waals surface area contributed by atoms with E-state index in [9.17, 15) is 4.79 Å². The molecule has 1 fully saturated rings.